The van der Waals surface area contributed by atoms with Crippen LogP contribution in [0.4, 0.5) is 4.48 Å². The summed E-state index contributed by atoms with van der Waals surface area (Å²) in [4.78, 5) is 11.1. The lowest BCUT2D eigenvalue weighted by Crippen LogP contribution is -2.34. The average Bonchev–Trinajstić information content (AvgIpc) is 2.25. The third-order valence-electron chi connectivity index (χ3n) is 1.95. The number of methoxy groups -OCH3 is 1. The Bertz CT molecular complexity index is 346. The van der Waals surface area contributed by atoms with Crippen LogP contribution >= 0.6 is 15.9 Å². The Hall–Kier alpha value is -0.940. The first-order chi connectivity index (χ1) is 7.17. The molecule has 1 atom stereocenters. The summed E-state index contributed by atoms with van der Waals surface area (Å²) in [5.74, 6) is -0.613. The summed E-state index contributed by atoms with van der Waals surface area (Å²) >= 11 is 3.30. The van der Waals surface area contributed by atoms with Gasteiger partial charge in [0, 0.05) is 10.9 Å². The van der Waals surface area contributed by atoms with Gasteiger partial charge in [-0.25, -0.2) is 0 Å². The Labute approximate surface area is 95.7 Å². The summed E-state index contributed by atoms with van der Waals surface area (Å²) in [6, 6.07) is 6.38. The molecule has 82 valence electrons. The lowest BCUT2D eigenvalue weighted by molar-refractivity contribution is -0.144. The average molecular weight is 276 g/mol. The fourth-order valence-electron chi connectivity index (χ4n) is 1.21. The maximum atomic E-state index is 12.3. The second-order valence-corrected chi connectivity index (χ2v) is 3.93. The zero-order chi connectivity index (χ0) is 11.3. The minimum atomic E-state index is -0.954. The van der Waals surface area contributed by atoms with E-state index in [4.69, 9.17) is 0 Å². The maximum Gasteiger partial charge on any atom is 0.325 e. The van der Waals surface area contributed by atoms with Gasteiger partial charge in [-0.1, -0.05) is 28.1 Å². The second-order valence-electron chi connectivity index (χ2n) is 3.02. The van der Waals surface area contributed by atoms with Crippen molar-refractivity contribution in [1.29, 1.82) is 0 Å². The number of esters is 1. The summed E-state index contributed by atoms with van der Waals surface area (Å²) in [6.07, 6.45) is 0.253. The number of rotatable bonds is 4. The number of hydrogen-bond acceptors (Lipinski definition) is 3. The quantitative estimate of drug-likeness (QED) is 0.675. The van der Waals surface area contributed by atoms with E-state index < -0.39 is 12.0 Å². The molecule has 0 bridgehead atoms. The summed E-state index contributed by atoms with van der Waals surface area (Å²) in [7, 11) is 1.23. The standard InChI is InChI=1S/C10H11BrFNO2/c1-15-10(14)9(13-12)6-7-3-2-4-8(11)5-7/h2-5,9,13H,6H2,1H3/t9-/m0/s1. The molecule has 1 aromatic carbocycles. The molecule has 0 radical (unpaired) electrons. The molecule has 0 spiro atoms. The number of carbonyl (C=O) groups is 1. The van der Waals surface area contributed by atoms with Crippen LogP contribution in [0.25, 0.3) is 0 Å². The van der Waals surface area contributed by atoms with Gasteiger partial charge in [0.05, 0.1) is 7.11 Å². The summed E-state index contributed by atoms with van der Waals surface area (Å²) in [6.45, 7) is 0. The number of benzene rings is 1. The third-order valence-corrected chi connectivity index (χ3v) is 2.44. The summed E-state index contributed by atoms with van der Waals surface area (Å²) in [5, 5.41) is 0. The second kappa shape index (κ2) is 5.82. The van der Waals surface area contributed by atoms with Crippen molar-refractivity contribution in [3.8, 4) is 0 Å². The van der Waals surface area contributed by atoms with Gasteiger partial charge in [0.1, 0.15) is 6.04 Å². The van der Waals surface area contributed by atoms with E-state index >= 15 is 0 Å². The molecule has 1 N–H and O–H groups in total. The highest BCUT2D eigenvalue weighted by Gasteiger charge is 2.19. The molecule has 0 aromatic heterocycles. The van der Waals surface area contributed by atoms with Crippen molar-refractivity contribution in [2.45, 2.75) is 12.5 Å². The Kier molecular flexibility index (Phi) is 4.71. The molecule has 0 saturated carbocycles. The predicted octanol–water partition coefficient (Wildman–Crippen LogP) is 2.01. The zero-order valence-electron chi connectivity index (χ0n) is 8.17. The Morgan fingerprint density at radius 3 is 2.93 bits per heavy atom. The highest BCUT2D eigenvalue weighted by molar-refractivity contribution is 9.10. The van der Waals surface area contributed by atoms with Crippen molar-refractivity contribution in [2.24, 2.45) is 0 Å². The third kappa shape index (κ3) is 3.60. The van der Waals surface area contributed by atoms with E-state index in [1.165, 1.54) is 12.6 Å². The minimum Gasteiger partial charge on any atom is -0.468 e. The van der Waals surface area contributed by atoms with E-state index in [-0.39, 0.29) is 6.42 Å². The van der Waals surface area contributed by atoms with Crippen molar-refractivity contribution in [1.82, 2.24) is 5.54 Å². The van der Waals surface area contributed by atoms with E-state index in [9.17, 15) is 9.28 Å². The highest BCUT2D eigenvalue weighted by atomic mass is 79.9. The largest absolute Gasteiger partial charge is 0.468 e. The summed E-state index contributed by atoms with van der Waals surface area (Å²) < 4.78 is 17.7. The van der Waals surface area contributed by atoms with Crippen LogP contribution in [-0.2, 0) is 16.0 Å². The maximum absolute atomic E-state index is 12.3. The lowest BCUT2D eigenvalue weighted by atomic mass is 10.1. The molecule has 3 nitrogen and oxygen atoms in total. The molecule has 15 heavy (non-hydrogen) atoms. The van der Waals surface area contributed by atoms with E-state index in [1.807, 2.05) is 24.3 Å². The topological polar surface area (TPSA) is 38.3 Å². The van der Waals surface area contributed by atoms with Crippen LogP contribution in [0, 0.1) is 0 Å². The molecule has 0 aliphatic carbocycles. The van der Waals surface area contributed by atoms with Crippen molar-refractivity contribution in [2.75, 3.05) is 7.11 Å². The Morgan fingerprint density at radius 2 is 2.40 bits per heavy atom. The van der Waals surface area contributed by atoms with Gasteiger partial charge in [-0.3, -0.25) is 4.79 Å². The molecule has 0 aliphatic rings. The monoisotopic (exact) mass is 275 g/mol. The van der Waals surface area contributed by atoms with Gasteiger partial charge in [0.15, 0.2) is 0 Å². The number of carbonyl (C=O) groups excluding carboxylic acids is 1. The molecular weight excluding hydrogens is 265 g/mol. The van der Waals surface area contributed by atoms with Crippen LogP contribution in [-0.4, -0.2) is 19.1 Å². The van der Waals surface area contributed by atoms with Crippen LogP contribution in [0.5, 0.6) is 0 Å². The highest BCUT2D eigenvalue weighted by Crippen LogP contribution is 2.13. The summed E-state index contributed by atoms with van der Waals surface area (Å²) in [5.41, 5.74) is 2.28. The predicted molar refractivity (Wildman–Crippen MR) is 57.9 cm³/mol. The SMILES string of the molecule is COC(=O)[C@H](Cc1cccc(Br)c1)NF. The molecule has 1 aromatic rings. The Morgan fingerprint density at radius 1 is 1.67 bits per heavy atom. The molecule has 0 fully saturated rings. The van der Waals surface area contributed by atoms with Crippen LogP contribution in [0.3, 0.4) is 0 Å². The van der Waals surface area contributed by atoms with Crippen LogP contribution < -0.4 is 5.54 Å². The van der Waals surface area contributed by atoms with Gasteiger partial charge in [-0.2, -0.15) is 0 Å². The van der Waals surface area contributed by atoms with Crippen LogP contribution in [0.1, 0.15) is 5.56 Å². The molecule has 0 unspecified atom stereocenters. The van der Waals surface area contributed by atoms with Crippen molar-refractivity contribution >= 4 is 21.9 Å². The van der Waals surface area contributed by atoms with Gasteiger partial charge in [-0.15, -0.1) is 10.0 Å². The molecule has 0 aliphatic heterocycles. The number of nitrogens with one attached hydrogen (secondary N) is 1. The van der Waals surface area contributed by atoms with Crippen LogP contribution in [0.15, 0.2) is 28.7 Å². The van der Waals surface area contributed by atoms with E-state index in [2.05, 4.69) is 20.7 Å². The molecule has 0 heterocycles. The number of hydrogen-bond donors (Lipinski definition) is 1. The molecule has 0 saturated heterocycles. The minimum absolute atomic E-state index is 0.253. The first-order valence-corrected chi connectivity index (χ1v) is 5.15. The number of ether oxygens (including phenoxy) is 1. The van der Waals surface area contributed by atoms with Gasteiger partial charge >= 0.3 is 5.97 Å². The van der Waals surface area contributed by atoms with Gasteiger partial charge in [0.25, 0.3) is 0 Å². The molecule has 5 heteroatoms. The smallest absolute Gasteiger partial charge is 0.325 e. The van der Waals surface area contributed by atoms with E-state index in [0.717, 1.165) is 10.0 Å². The van der Waals surface area contributed by atoms with E-state index in [1.54, 1.807) is 0 Å². The van der Waals surface area contributed by atoms with E-state index in [0.29, 0.717) is 0 Å². The Balaban J connectivity index is 2.70. The van der Waals surface area contributed by atoms with Crippen LogP contribution in [0.2, 0.25) is 0 Å². The van der Waals surface area contributed by atoms with Crippen molar-refractivity contribution in [3.05, 3.63) is 34.3 Å². The first kappa shape index (κ1) is 12.1. The van der Waals surface area contributed by atoms with Gasteiger partial charge in [-0.05, 0) is 17.7 Å². The van der Waals surface area contributed by atoms with Gasteiger partial charge in [0.2, 0.25) is 0 Å². The van der Waals surface area contributed by atoms with Crippen molar-refractivity contribution in [3.63, 3.8) is 0 Å². The van der Waals surface area contributed by atoms with Gasteiger partial charge < -0.3 is 4.74 Å². The molecular formula is C10H11BrFNO2. The fraction of sp³-hybridized carbons (Fsp3) is 0.300. The fourth-order valence-corrected chi connectivity index (χ4v) is 1.66. The molecule has 0 amide bonds. The lowest BCUT2D eigenvalue weighted by Gasteiger charge is -2.11. The zero-order valence-corrected chi connectivity index (χ0v) is 9.75. The molecule has 1 rings (SSSR count). The normalized spacial score (nSPS) is 12.2. The van der Waals surface area contributed by atoms with Crippen molar-refractivity contribution < 1.29 is 14.0 Å². The first-order valence-electron chi connectivity index (χ1n) is 4.35. The number of halogens is 2.